The maximum atomic E-state index is 12.9. The van der Waals surface area contributed by atoms with Gasteiger partial charge in [0, 0.05) is 30.1 Å². The minimum Gasteiger partial charge on any atom is -0.543 e. The van der Waals surface area contributed by atoms with Gasteiger partial charge in [-0.05, 0) is 11.6 Å². The fourth-order valence-corrected chi connectivity index (χ4v) is 6.48. The molecule has 1 unspecified atom stereocenters. The Morgan fingerprint density at radius 1 is 1.47 bits per heavy atom. The largest absolute Gasteiger partial charge is 0.543 e. The Hall–Kier alpha value is -3.01. The molecule has 4 rings (SSSR count). The highest BCUT2D eigenvalue weighted by atomic mass is 32.2. The number of aliphatic hydroxyl groups excluding tert-OH is 1. The molecule has 2 amide bonds. The number of nitrogens with one attached hydrogen (secondary N) is 1. The lowest BCUT2D eigenvalue weighted by molar-refractivity contribution is -0.916. The van der Waals surface area contributed by atoms with Crippen LogP contribution in [0, 0.1) is 0 Å². The van der Waals surface area contributed by atoms with Crippen molar-refractivity contribution in [3.8, 4) is 0 Å². The molecule has 194 valence electrons. The number of aromatic nitrogens is 2. The summed E-state index contributed by atoms with van der Waals surface area (Å²) >= 11 is 2.21. The molecular formula is C21H27N7O6S2. The quantitative estimate of drug-likeness (QED) is 0.138. The summed E-state index contributed by atoms with van der Waals surface area (Å²) in [5.74, 6) is -2.52. The molecule has 13 nitrogen and oxygen atoms in total. The number of rotatable bonds is 9. The number of nitrogens with two attached hydrogens (primary N) is 1. The molecule has 2 fully saturated rings. The van der Waals surface area contributed by atoms with Crippen LogP contribution in [0.4, 0.5) is 5.13 Å². The predicted octanol–water partition coefficient (Wildman–Crippen LogP) is -1.97. The van der Waals surface area contributed by atoms with Crippen molar-refractivity contribution in [3.63, 3.8) is 0 Å². The van der Waals surface area contributed by atoms with Gasteiger partial charge < -0.3 is 35.4 Å². The molecular weight excluding hydrogens is 510 g/mol. The molecule has 3 aliphatic heterocycles. The Morgan fingerprint density at radius 3 is 2.89 bits per heavy atom. The zero-order valence-electron chi connectivity index (χ0n) is 19.7. The first-order valence-electron chi connectivity index (χ1n) is 11.2. The van der Waals surface area contributed by atoms with E-state index in [0.29, 0.717) is 22.4 Å². The molecule has 0 spiro atoms. The van der Waals surface area contributed by atoms with E-state index in [1.165, 1.54) is 18.9 Å². The molecule has 4 atom stereocenters. The number of hydrogen-bond donors (Lipinski definition) is 3. The Morgan fingerprint density at radius 2 is 2.25 bits per heavy atom. The average molecular weight is 538 g/mol. The molecule has 1 aromatic heterocycles. The van der Waals surface area contributed by atoms with E-state index in [-0.39, 0.29) is 35.0 Å². The molecule has 0 aliphatic carbocycles. The van der Waals surface area contributed by atoms with Crippen molar-refractivity contribution in [1.82, 2.24) is 19.6 Å². The number of nitrogens with zero attached hydrogens (tertiary/aromatic N) is 5. The number of nitrogen functional groups attached to an aromatic ring is 1. The number of likely N-dealkylation sites (N-methyl/N-ethyl adjacent to an activating group) is 1. The van der Waals surface area contributed by atoms with Gasteiger partial charge in [0.05, 0.1) is 38.4 Å². The van der Waals surface area contributed by atoms with Crippen molar-refractivity contribution in [1.29, 1.82) is 0 Å². The fourth-order valence-electron chi connectivity index (χ4n) is 4.72. The topological polar surface area (TPSA) is 183 Å². The minimum absolute atomic E-state index is 0.0441. The monoisotopic (exact) mass is 537 g/mol. The Kier molecular flexibility index (Phi) is 7.63. The van der Waals surface area contributed by atoms with Crippen LogP contribution in [0.3, 0.4) is 0 Å². The number of fused-ring (bicyclic) bond motifs is 1. The summed E-state index contributed by atoms with van der Waals surface area (Å²) in [6.45, 7) is 1.67. The lowest BCUT2D eigenvalue weighted by atomic mass is 10.0. The first-order valence-corrected chi connectivity index (χ1v) is 13.0. The molecule has 3 aliphatic rings. The Bertz CT molecular complexity index is 1150. The summed E-state index contributed by atoms with van der Waals surface area (Å²) in [6, 6.07) is -0.821. The van der Waals surface area contributed by atoms with Crippen LogP contribution in [-0.2, 0) is 19.2 Å². The maximum absolute atomic E-state index is 12.9. The van der Waals surface area contributed by atoms with Gasteiger partial charge in [-0.25, -0.2) is 0 Å². The van der Waals surface area contributed by atoms with Crippen LogP contribution in [0.15, 0.2) is 28.6 Å². The smallest absolute Gasteiger partial charge is 0.278 e. The van der Waals surface area contributed by atoms with Crippen LogP contribution in [0.25, 0.3) is 0 Å². The highest BCUT2D eigenvalue weighted by Crippen LogP contribution is 2.40. The third kappa shape index (κ3) is 4.83. The molecule has 4 N–H and O–H groups in total. The van der Waals surface area contributed by atoms with E-state index in [1.807, 2.05) is 6.08 Å². The summed E-state index contributed by atoms with van der Waals surface area (Å²) in [5, 5.41) is 27.4. The lowest BCUT2D eigenvalue weighted by Crippen LogP contribution is -2.71. The zero-order chi connectivity index (χ0) is 26.0. The van der Waals surface area contributed by atoms with Gasteiger partial charge in [0.25, 0.3) is 11.8 Å². The van der Waals surface area contributed by atoms with Crippen molar-refractivity contribution in [2.45, 2.75) is 30.3 Å². The second-order valence-electron chi connectivity index (χ2n) is 8.87. The molecule has 0 radical (unpaired) electrons. The number of anilines is 1. The number of carbonyl (C=O) groups is 3. The van der Waals surface area contributed by atoms with Gasteiger partial charge in [-0.2, -0.15) is 9.36 Å². The van der Waals surface area contributed by atoms with Gasteiger partial charge in [0.2, 0.25) is 11.5 Å². The van der Waals surface area contributed by atoms with Gasteiger partial charge in [0.15, 0.2) is 5.13 Å². The number of β-lactam (4-membered cyclic amide) rings is 1. The number of oxime groups is 1. The molecule has 15 heteroatoms. The number of quaternary nitrogens is 1. The number of thioether (sulfide) groups is 1. The molecule has 4 heterocycles. The minimum atomic E-state index is -1.46. The lowest BCUT2D eigenvalue weighted by Gasteiger charge is -2.50. The van der Waals surface area contributed by atoms with Gasteiger partial charge in [-0.15, -0.1) is 11.8 Å². The van der Waals surface area contributed by atoms with Crippen LogP contribution in [-0.4, -0.2) is 104 Å². The highest BCUT2D eigenvalue weighted by Gasteiger charge is 2.53. The zero-order valence-corrected chi connectivity index (χ0v) is 21.4. The second-order valence-corrected chi connectivity index (χ2v) is 10.8. The van der Waals surface area contributed by atoms with Crippen LogP contribution < -0.4 is 16.2 Å². The van der Waals surface area contributed by atoms with Crippen LogP contribution >= 0.6 is 23.3 Å². The molecule has 0 bridgehead atoms. The van der Waals surface area contributed by atoms with Gasteiger partial charge >= 0.3 is 0 Å². The van der Waals surface area contributed by atoms with E-state index in [1.54, 1.807) is 6.08 Å². The number of allylic oxidation sites excluding steroid dienone is 1. The normalized spacial score (nSPS) is 28.3. The van der Waals surface area contributed by atoms with Gasteiger partial charge in [0.1, 0.15) is 24.6 Å². The highest BCUT2D eigenvalue weighted by molar-refractivity contribution is 8.00. The average Bonchev–Trinajstić information content (AvgIpc) is 3.45. The third-order valence-corrected chi connectivity index (χ3v) is 8.51. The van der Waals surface area contributed by atoms with Crippen molar-refractivity contribution < 1.29 is 33.9 Å². The molecule has 0 aromatic carbocycles. The van der Waals surface area contributed by atoms with E-state index >= 15 is 0 Å². The van der Waals surface area contributed by atoms with Gasteiger partial charge in [-0.3, -0.25) is 14.5 Å². The first-order chi connectivity index (χ1) is 17.2. The van der Waals surface area contributed by atoms with Crippen LogP contribution in [0.1, 0.15) is 18.7 Å². The number of aliphatic hydroxyl groups is 1. The third-order valence-electron chi connectivity index (χ3n) is 6.67. The summed E-state index contributed by atoms with van der Waals surface area (Å²) in [6.07, 6.45) is 5.57. The van der Waals surface area contributed by atoms with E-state index in [0.717, 1.165) is 35.8 Å². The van der Waals surface area contributed by atoms with Crippen molar-refractivity contribution in [2.75, 3.05) is 45.3 Å². The van der Waals surface area contributed by atoms with Crippen molar-refractivity contribution in [3.05, 3.63) is 29.2 Å². The number of hydrogen-bond acceptors (Lipinski definition) is 12. The summed E-state index contributed by atoms with van der Waals surface area (Å²) in [5.41, 5.74) is 5.59. The first kappa shape index (κ1) is 26.1. The molecule has 2 saturated heterocycles. The maximum Gasteiger partial charge on any atom is 0.278 e. The second kappa shape index (κ2) is 10.5. The van der Waals surface area contributed by atoms with E-state index in [9.17, 15) is 24.6 Å². The van der Waals surface area contributed by atoms with E-state index in [2.05, 4.69) is 26.9 Å². The Labute approximate surface area is 215 Å². The summed E-state index contributed by atoms with van der Waals surface area (Å²) in [7, 11) is 3.32. The number of aliphatic carboxylic acids is 1. The fraction of sp³-hybridized carbons (Fsp3) is 0.524. The molecule has 36 heavy (non-hydrogen) atoms. The van der Waals surface area contributed by atoms with Gasteiger partial charge in [-0.1, -0.05) is 11.2 Å². The summed E-state index contributed by atoms with van der Waals surface area (Å²) in [4.78, 5) is 47.5. The number of carbonyl (C=O) groups excluding carboxylic acids is 3. The molecule has 1 aromatic rings. The van der Waals surface area contributed by atoms with E-state index < -0.39 is 29.2 Å². The SMILES string of the molecule is CO/N=C(\C(=O)N[C@@H]1C(=O)N2C(C(=O)[O-])=C(/C=C/C[N+]3(C)CCC[C@H]3CO)CS[C@@H]12)c1nsc(N)n1. The Balaban J connectivity index is 1.48. The van der Waals surface area contributed by atoms with E-state index in [4.69, 9.17) is 10.6 Å². The van der Waals surface area contributed by atoms with Crippen molar-refractivity contribution in [2.24, 2.45) is 5.16 Å². The predicted molar refractivity (Wildman–Crippen MR) is 130 cm³/mol. The number of likely N-dealkylation sites (tertiary alicyclic amines) is 1. The molecule has 0 saturated carbocycles. The van der Waals surface area contributed by atoms with Crippen LogP contribution in [0.2, 0.25) is 0 Å². The van der Waals surface area contributed by atoms with Crippen molar-refractivity contribution >= 4 is 51.9 Å². The van der Waals surface area contributed by atoms with Crippen LogP contribution in [0.5, 0.6) is 0 Å². The number of amides is 2. The number of carboxylic acids is 1. The summed E-state index contributed by atoms with van der Waals surface area (Å²) < 4.78 is 4.62. The number of carboxylic acid groups (broad SMARTS) is 1. The standard InChI is InChI=1S/C21H27N7O6S2/c1-28(8-4-6-12(28)9-29)7-3-5-11-10-35-19-14(18(31)27(19)15(11)20(32)33)23-17(30)13(25-34-2)16-24-21(22)36-26-16/h3,5,12,14,19,29H,4,6-10H2,1-2H3,(H3-,22,23,24,26,30,32,33)/b5-3+,25-13-/t12-,14+,19-,28?/m0/s1.